The van der Waals surface area contributed by atoms with Crippen LogP contribution in [0.4, 0.5) is 5.69 Å². The molecule has 1 atom stereocenters. The fourth-order valence-corrected chi connectivity index (χ4v) is 4.85. The molecule has 0 bridgehead atoms. The van der Waals surface area contributed by atoms with Gasteiger partial charge < -0.3 is 9.15 Å². The molecule has 0 spiro atoms. The zero-order chi connectivity index (χ0) is 22.6. The summed E-state index contributed by atoms with van der Waals surface area (Å²) in [5.74, 6) is 0.0510. The molecule has 0 saturated carbocycles. The molecule has 1 aliphatic heterocycles. The Morgan fingerprint density at radius 1 is 1.03 bits per heavy atom. The monoisotopic (exact) mass is 529 g/mol. The van der Waals surface area contributed by atoms with E-state index in [0.717, 1.165) is 10.0 Å². The lowest BCUT2D eigenvalue weighted by atomic mass is 9.98. The van der Waals surface area contributed by atoms with Gasteiger partial charge in [-0.3, -0.25) is 14.5 Å². The lowest BCUT2D eigenvalue weighted by Gasteiger charge is -2.25. The normalized spacial score (nSPS) is 15.3. The summed E-state index contributed by atoms with van der Waals surface area (Å²) < 4.78 is 12.0. The third kappa shape index (κ3) is 3.30. The fraction of sp³-hybridized carbons (Fsp3) is 0.0833. The van der Waals surface area contributed by atoms with Crippen LogP contribution in [0, 0.1) is 0 Å². The second-order valence-corrected chi connectivity index (χ2v) is 9.03. The number of rotatable bonds is 3. The van der Waals surface area contributed by atoms with Gasteiger partial charge >= 0.3 is 0 Å². The first-order chi connectivity index (χ1) is 15.4. The Hall–Kier alpha value is -2.80. The molecule has 32 heavy (non-hydrogen) atoms. The van der Waals surface area contributed by atoms with E-state index >= 15 is 0 Å². The molecule has 0 saturated heterocycles. The first-order valence-corrected chi connectivity index (χ1v) is 11.1. The highest BCUT2D eigenvalue weighted by molar-refractivity contribution is 9.10. The number of halogens is 3. The molecule has 8 heteroatoms. The minimum Gasteiger partial charge on any atom is -0.495 e. The molecule has 2 heterocycles. The highest BCUT2D eigenvalue weighted by atomic mass is 79.9. The summed E-state index contributed by atoms with van der Waals surface area (Å²) >= 11 is 16.0. The van der Waals surface area contributed by atoms with E-state index in [1.54, 1.807) is 36.4 Å². The smallest absolute Gasteiger partial charge is 0.295 e. The van der Waals surface area contributed by atoms with E-state index in [0.29, 0.717) is 32.5 Å². The topological polar surface area (TPSA) is 59.8 Å². The molecule has 160 valence electrons. The van der Waals surface area contributed by atoms with Gasteiger partial charge in [-0.25, -0.2) is 0 Å². The fourth-order valence-electron chi connectivity index (χ4n) is 4.01. The molecule has 4 aromatic rings. The Bertz CT molecular complexity index is 1470. The molecular weight excluding hydrogens is 517 g/mol. The van der Waals surface area contributed by atoms with Crippen LogP contribution in [0.25, 0.3) is 11.0 Å². The summed E-state index contributed by atoms with van der Waals surface area (Å²) in [4.78, 5) is 28.7. The van der Waals surface area contributed by atoms with Crippen molar-refractivity contribution in [3.8, 4) is 5.75 Å². The number of hydrogen-bond acceptors (Lipinski definition) is 4. The zero-order valence-electron chi connectivity index (χ0n) is 16.6. The molecule has 0 fully saturated rings. The molecule has 5 rings (SSSR count). The number of nitrogens with zero attached hydrogens (tertiary/aromatic N) is 1. The van der Waals surface area contributed by atoms with E-state index in [9.17, 15) is 9.59 Å². The van der Waals surface area contributed by atoms with Crippen LogP contribution in [-0.4, -0.2) is 13.0 Å². The highest BCUT2D eigenvalue weighted by Gasteiger charge is 2.43. The lowest BCUT2D eigenvalue weighted by molar-refractivity contribution is 0.0971. The van der Waals surface area contributed by atoms with Crippen LogP contribution in [0.5, 0.6) is 5.75 Å². The van der Waals surface area contributed by atoms with Crippen molar-refractivity contribution in [2.45, 2.75) is 6.04 Å². The Kier molecular flexibility index (Phi) is 5.24. The van der Waals surface area contributed by atoms with Crippen molar-refractivity contribution >= 4 is 61.7 Å². The van der Waals surface area contributed by atoms with Crippen molar-refractivity contribution in [3.05, 3.63) is 102 Å². The van der Waals surface area contributed by atoms with Crippen molar-refractivity contribution in [1.82, 2.24) is 0 Å². The Balaban J connectivity index is 1.81. The van der Waals surface area contributed by atoms with Crippen molar-refractivity contribution < 1.29 is 13.9 Å². The van der Waals surface area contributed by atoms with E-state index in [4.69, 9.17) is 32.4 Å². The first-order valence-electron chi connectivity index (χ1n) is 9.58. The summed E-state index contributed by atoms with van der Waals surface area (Å²) in [7, 11) is 1.52. The average Bonchev–Trinajstić information content (AvgIpc) is 3.07. The molecule has 0 N–H and O–H groups in total. The lowest BCUT2D eigenvalue weighted by Crippen LogP contribution is -2.29. The van der Waals surface area contributed by atoms with Gasteiger partial charge in [0.2, 0.25) is 5.76 Å². The van der Waals surface area contributed by atoms with Crippen LogP contribution >= 0.6 is 39.1 Å². The van der Waals surface area contributed by atoms with Gasteiger partial charge in [0.1, 0.15) is 11.3 Å². The number of amides is 1. The Morgan fingerprint density at radius 3 is 2.56 bits per heavy atom. The highest BCUT2D eigenvalue weighted by Crippen LogP contribution is 2.43. The maximum absolute atomic E-state index is 13.6. The van der Waals surface area contributed by atoms with Crippen LogP contribution < -0.4 is 15.1 Å². The SMILES string of the molecule is COc1ccc(N2C(=O)c3oc4ccc(Cl)cc4c(=O)c3C2c2cccc(Br)c2)cc1Cl. The van der Waals surface area contributed by atoms with E-state index in [1.165, 1.54) is 12.0 Å². The molecule has 0 radical (unpaired) electrons. The van der Waals surface area contributed by atoms with E-state index in [-0.39, 0.29) is 16.8 Å². The number of carbonyl (C=O) groups is 1. The molecule has 5 nitrogen and oxygen atoms in total. The van der Waals surface area contributed by atoms with Crippen LogP contribution in [0.3, 0.4) is 0 Å². The van der Waals surface area contributed by atoms with E-state index in [2.05, 4.69) is 15.9 Å². The Labute approximate surface area is 201 Å². The number of hydrogen-bond donors (Lipinski definition) is 0. The van der Waals surface area contributed by atoms with Gasteiger partial charge in [0.05, 0.1) is 29.1 Å². The third-order valence-electron chi connectivity index (χ3n) is 5.41. The van der Waals surface area contributed by atoms with E-state index < -0.39 is 11.9 Å². The van der Waals surface area contributed by atoms with Gasteiger partial charge in [-0.1, -0.05) is 51.3 Å². The number of anilines is 1. The predicted octanol–water partition coefficient (Wildman–Crippen LogP) is 6.62. The quantitative estimate of drug-likeness (QED) is 0.298. The third-order valence-corrected chi connectivity index (χ3v) is 6.43. The number of carbonyl (C=O) groups excluding carboxylic acids is 1. The standard InChI is InChI=1S/C24H14BrCl2NO4/c1-31-19-8-6-15(11-17(19)27)28-21(12-3-2-4-13(25)9-12)20-22(29)16-10-14(26)5-7-18(16)32-23(20)24(28)30/h2-11,21H,1H3. The summed E-state index contributed by atoms with van der Waals surface area (Å²) in [5.41, 5.74) is 1.51. The first kappa shape index (κ1) is 21.1. The second-order valence-electron chi connectivity index (χ2n) is 7.27. The van der Waals surface area contributed by atoms with Gasteiger partial charge in [-0.15, -0.1) is 0 Å². The van der Waals surface area contributed by atoms with E-state index in [1.807, 2.05) is 24.3 Å². The molecular formula is C24H14BrCl2NO4. The van der Waals surface area contributed by atoms with Gasteiger partial charge in [-0.2, -0.15) is 0 Å². The van der Waals surface area contributed by atoms with Crippen LogP contribution in [-0.2, 0) is 0 Å². The summed E-state index contributed by atoms with van der Waals surface area (Å²) in [5, 5.41) is 1.07. The maximum atomic E-state index is 13.6. The van der Waals surface area contributed by atoms with Gasteiger partial charge in [0.25, 0.3) is 5.91 Å². The molecule has 0 aliphatic carbocycles. The van der Waals surface area contributed by atoms with Crippen molar-refractivity contribution in [1.29, 1.82) is 0 Å². The van der Waals surface area contributed by atoms with Crippen molar-refractivity contribution in [3.63, 3.8) is 0 Å². The average molecular weight is 531 g/mol. The summed E-state index contributed by atoms with van der Waals surface area (Å²) in [6.07, 6.45) is 0. The molecule has 1 aliphatic rings. The number of methoxy groups -OCH3 is 1. The predicted molar refractivity (Wildman–Crippen MR) is 128 cm³/mol. The van der Waals surface area contributed by atoms with Crippen molar-refractivity contribution in [2.24, 2.45) is 0 Å². The van der Waals surface area contributed by atoms with Gasteiger partial charge in [0, 0.05) is 15.2 Å². The number of fused-ring (bicyclic) bond motifs is 2. The second kappa shape index (κ2) is 7.96. The molecule has 1 amide bonds. The molecule has 3 aromatic carbocycles. The van der Waals surface area contributed by atoms with Crippen LogP contribution in [0.1, 0.15) is 27.7 Å². The Morgan fingerprint density at radius 2 is 1.84 bits per heavy atom. The minimum atomic E-state index is -0.709. The number of benzene rings is 3. The maximum Gasteiger partial charge on any atom is 0.295 e. The summed E-state index contributed by atoms with van der Waals surface area (Å²) in [6.45, 7) is 0. The number of ether oxygens (including phenoxy) is 1. The molecule has 1 unspecified atom stereocenters. The molecule has 1 aromatic heterocycles. The largest absolute Gasteiger partial charge is 0.495 e. The zero-order valence-corrected chi connectivity index (χ0v) is 19.7. The van der Waals surface area contributed by atoms with Crippen LogP contribution in [0.2, 0.25) is 10.0 Å². The van der Waals surface area contributed by atoms with Gasteiger partial charge in [-0.05, 0) is 54.1 Å². The van der Waals surface area contributed by atoms with Crippen LogP contribution in [0.15, 0.2) is 74.3 Å². The van der Waals surface area contributed by atoms with Gasteiger partial charge in [0.15, 0.2) is 5.43 Å². The summed E-state index contributed by atoms with van der Waals surface area (Å²) in [6, 6.07) is 16.5. The van der Waals surface area contributed by atoms with Crippen molar-refractivity contribution in [2.75, 3.05) is 12.0 Å². The minimum absolute atomic E-state index is 0.00161.